The minimum atomic E-state index is 0.191. The van der Waals surface area contributed by atoms with Gasteiger partial charge in [-0.25, -0.2) is 4.68 Å². The summed E-state index contributed by atoms with van der Waals surface area (Å²) in [7, 11) is 1.80. The summed E-state index contributed by atoms with van der Waals surface area (Å²) < 4.78 is 1.63. The second-order valence-electron chi connectivity index (χ2n) is 3.99. The maximum absolute atomic E-state index is 11.0. The van der Waals surface area contributed by atoms with Crippen LogP contribution in [0.4, 0.5) is 0 Å². The summed E-state index contributed by atoms with van der Waals surface area (Å²) in [5.74, 6) is 0.917. The lowest BCUT2D eigenvalue weighted by Crippen LogP contribution is -2.00. The number of hydrogen-bond acceptors (Lipinski definition) is 4. The first kappa shape index (κ1) is 11.4. The molecular weight excluding hydrogens is 216 g/mol. The highest BCUT2D eigenvalue weighted by Crippen LogP contribution is 2.21. The van der Waals surface area contributed by atoms with E-state index in [2.05, 4.69) is 15.5 Å². The normalized spacial score (nSPS) is 10.5. The number of aryl methyl sites for hydroxylation is 2. The Morgan fingerprint density at radius 3 is 2.76 bits per heavy atom. The van der Waals surface area contributed by atoms with Gasteiger partial charge in [0.15, 0.2) is 5.82 Å². The van der Waals surface area contributed by atoms with Crippen molar-refractivity contribution in [3.63, 3.8) is 0 Å². The molecule has 0 aliphatic rings. The van der Waals surface area contributed by atoms with Crippen LogP contribution < -0.4 is 0 Å². The number of Topliss-reactive ketones (excluding diaryl/α,β-unsaturated/α-hetero) is 1. The van der Waals surface area contributed by atoms with Gasteiger partial charge in [-0.2, -0.15) is 0 Å². The lowest BCUT2D eigenvalue weighted by molar-refractivity contribution is -0.116. The van der Waals surface area contributed by atoms with E-state index in [1.807, 2.05) is 24.3 Å². The van der Waals surface area contributed by atoms with Crippen molar-refractivity contribution < 1.29 is 4.79 Å². The van der Waals surface area contributed by atoms with Crippen molar-refractivity contribution in [2.75, 3.05) is 0 Å². The minimum absolute atomic E-state index is 0.191. The van der Waals surface area contributed by atoms with Crippen molar-refractivity contribution in [2.45, 2.75) is 19.8 Å². The molecule has 2 rings (SSSR count). The first-order chi connectivity index (χ1) is 8.18. The molecule has 0 saturated carbocycles. The number of nitrogens with zero attached hydrogens (tertiary/aromatic N) is 4. The second kappa shape index (κ2) is 4.86. The number of tetrazole rings is 1. The summed E-state index contributed by atoms with van der Waals surface area (Å²) in [4.78, 5) is 11.0. The summed E-state index contributed by atoms with van der Waals surface area (Å²) >= 11 is 0. The molecule has 5 nitrogen and oxygen atoms in total. The fraction of sp³-hybridized carbons (Fsp3) is 0.333. The summed E-state index contributed by atoms with van der Waals surface area (Å²) in [6.45, 7) is 1.60. The van der Waals surface area contributed by atoms with Crippen LogP contribution in [0.15, 0.2) is 24.3 Å². The Bertz CT molecular complexity index is 533. The third-order valence-corrected chi connectivity index (χ3v) is 2.62. The molecule has 0 atom stereocenters. The molecule has 0 spiro atoms. The van der Waals surface area contributed by atoms with Gasteiger partial charge < -0.3 is 4.79 Å². The van der Waals surface area contributed by atoms with Crippen LogP contribution in [0, 0.1) is 0 Å². The van der Waals surface area contributed by atoms with E-state index in [0.717, 1.165) is 23.4 Å². The van der Waals surface area contributed by atoms with Crippen LogP contribution in [0.2, 0.25) is 0 Å². The Labute approximate surface area is 99.5 Å². The van der Waals surface area contributed by atoms with Gasteiger partial charge in [-0.15, -0.1) is 5.10 Å². The van der Waals surface area contributed by atoms with Crippen LogP contribution in [-0.2, 0) is 18.3 Å². The maximum Gasteiger partial charge on any atom is 0.182 e. The predicted octanol–water partition coefficient (Wildman–Crippen LogP) is 1.40. The molecule has 0 unspecified atom stereocenters. The second-order valence-corrected chi connectivity index (χ2v) is 3.99. The third kappa shape index (κ3) is 2.55. The molecule has 1 aromatic heterocycles. The van der Waals surface area contributed by atoms with Crippen molar-refractivity contribution in [1.29, 1.82) is 0 Å². The quantitative estimate of drug-likeness (QED) is 0.796. The molecule has 0 aliphatic carbocycles. The van der Waals surface area contributed by atoms with Crippen molar-refractivity contribution in [3.8, 4) is 11.4 Å². The van der Waals surface area contributed by atoms with Crippen molar-refractivity contribution in [3.05, 3.63) is 29.8 Å². The largest absolute Gasteiger partial charge is 0.300 e. The predicted molar refractivity (Wildman–Crippen MR) is 63.2 cm³/mol. The molecule has 0 amide bonds. The Morgan fingerprint density at radius 2 is 2.12 bits per heavy atom. The average Bonchev–Trinajstić information content (AvgIpc) is 2.73. The van der Waals surface area contributed by atoms with Crippen LogP contribution >= 0.6 is 0 Å². The summed E-state index contributed by atoms with van der Waals surface area (Å²) in [5.41, 5.74) is 2.09. The van der Waals surface area contributed by atoms with E-state index in [0.29, 0.717) is 6.42 Å². The van der Waals surface area contributed by atoms with Crippen LogP contribution in [0.1, 0.15) is 18.9 Å². The van der Waals surface area contributed by atoms with E-state index in [-0.39, 0.29) is 5.78 Å². The Morgan fingerprint density at radius 1 is 1.35 bits per heavy atom. The summed E-state index contributed by atoms with van der Waals surface area (Å²) in [6.07, 6.45) is 1.26. The molecule has 0 aliphatic heterocycles. The topological polar surface area (TPSA) is 60.7 Å². The number of carbonyl (C=O) groups excluding carboxylic acids is 1. The van der Waals surface area contributed by atoms with Crippen molar-refractivity contribution >= 4 is 5.78 Å². The molecule has 0 radical (unpaired) electrons. The number of hydrogen-bond donors (Lipinski definition) is 0. The standard InChI is InChI=1S/C12H14N4O/c1-9(17)7-8-10-5-3-4-6-11(10)12-13-14-15-16(12)2/h3-6H,7-8H2,1-2H3. The minimum Gasteiger partial charge on any atom is -0.300 e. The van der Waals surface area contributed by atoms with Crippen LogP contribution in [-0.4, -0.2) is 26.0 Å². The molecule has 2 aromatic rings. The Hall–Kier alpha value is -2.04. The van der Waals surface area contributed by atoms with Gasteiger partial charge in [0.2, 0.25) is 0 Å². The monoisotopic (exact) mass is 230 g/mol. The van der Waals surface area contributed by atoms with Gasteiger partial charge in [-0.05, 0) is 29.3 Å². The van der Waals surface area contributed by atoms with E-state index in [1.54, 1.807) is 18.7 Å². The molecule has 0 N–H and O–H groups in total. The van der Waals surface area contributed by atoms with Gasteiger partial charge in [-0.1, -0.05) is 24.3 Å². The van der Waals surface area contributed by atoms with Crippen LogP contribution in [0.5, 0.6) is 0 Å². The first-order valence-corrected chi connectivity index (χ1v) is 5.48. The fourth-order valence-corrected chi connectivity index (χ4v) is 1.72. The number of carbonyl (C=O) groups is 1. The molecule has 1 heterocycles. The van der Waals surface area contributed by atoms with E-state index >= 15 is 0 Å². The van der Waals surface area contributed by atoms with Gasteiger partial charge in [0.25, 0.3) is 0 Å². The van der Waals surface area contributed by atoms with E-state index in [1.165, 1.54) is 0 Å². The first-order valence-electron chi connectivity index (χ1n) is 5.48. The zero-order valence-corrected chi connectivity index (χ0v) is 9.92. The molecular formula is C12H14N4O. The van der Waals surface area contributed by atoms with Gasteiger partial charge in [0, 0.05) is 19.0 Å². The number of benzene rings is 1. The molecule has 17 heavy (non-hydrogen) atoms. The highest BCUT2D eigenvalue weighted by atomic mass is 16.1. The lowest BCUT2D eigenvalue weighted by atomic mass is 10.0. The molecule has 1 aromatic carbocycles. The fourth-order valence-electron chi connectivity index (χ4n) is 1.72. The van der Waals surface area contributed by atoms with Gasteiger partial charge >= 0.3 is 0 Å². The zero-order chi connectivity index (χ0) is 12.3. The molecule has 5 heteroatoms. The van der Waals surface area contributed by atoms with Gasteiger partial charge in [0.1, 0.15) is 5.78 Å². The van der Waals surface area contributed by atoms with E-state index in [4.69, 9.17) is 0 Å². The van der Waals surface area contributed by atoms with Crippen LogP contribution in [0.25, 0.3) is 11.4 Å². The van der Waals surface area contributed by atoms with Gasteiger partial charge in [-0.3, -0.25) is 0 Å². The Kier molecular flexibility index (Phi) is 3.27. The van der Waals surface area contributed by atoms with Crippen molar-refractivity contribution in [2.24, 2.45) is 7.05 Å². The van der Waals surface area contributed by atoms with Gasteiger partial charge in [0.05, 0.1) is 0 Å². The molecule has 0 bridgehead atoms. The molecule has 88 valence electrons. The highest BCUT2D eigenvalue weighted by Gasteiger charge is 2.10. The smallest absolute Gasteiger partial charge is 0.182 e. The maximum atomic E-state index is 11.0. The third-order valence-electron chi connectivity index (χ3n) is 2.62. The van der Waals surface area contributed by atoms with Crippen molar-refractivity contribution in [1.82, 2.24) is 20.2 Å². The highest BCUT2D eigenvalue weighted by molar-refractivity contribution is 5.76. The average molecular weight is 230 g/mol. The zero-order valence-electron chi connectivity index (χ0n) is 9.92. The SMILES string of the molecule is CC(=O)CCc1ccccc1-c1nnnn1C. The van der Waals surface area contributed by atoms with E-state index in [9.17, 15) is 4.79 Å². The number of aromatic nitrogens is 4. The number of rotatable bonds is 4. The Balaban J connectivity index is 2.34. The number of ketones is 1. The summed E-state index contributed by atoms with van der Waals surface area (Å²) in [6, 6.07) is 7.89. The molecule has 0 fully saturated rings. The van der Waals surface area contributed by atoms with Crippen LogP contribution in [0.3, 0.4) is 0 Å². The summed E-state index contributed by atoms with van der Waals surface area (Å²) in [5, 5.41) is 11.4. The van der Waals surface area contributed by atoms with E-state index < -0.39 is 0 Å². The lowest BCUT2D eigenvalue weighted by Gasteiger charge is -2.06. The molecule has 0 saturated heterocycles.